The fourth-order valence-corrected chi connectivity index (χ4v) is 1.21. The number of ether oxygens (including phenoxy) is 1. The molecule has 0 spiro atoms. The zero-order chi connectivity index (χ0) is 11.4. The van der Waals surface area contributed by atoms with E-state index in [0.29, 0.717) is 21.3 Å². The molecule has 1 aromatic rings. The van der Waals surface area contributed by atoms with E-state index in [1.807, 2.05) is 0 Å². The molecule has 1 aromatic carbocycles. The summed E-state index contributed by atoms with van der Waals surface area (Å²) in [6.45, 7) is 0. The highest BCUT2D eigenvalue weighted by Gasteiger charge is 2.03. The summed E-state index contributed by atoms with van der Waals surface area (Å²) >= 11 is 11.6. The van der Waals surface area contributed by atoms with E-state index in [1.165, 1.54) is 19.2 Å². The first-order chi connectivity index (χ1) is 7.04. The molecule has 3 nitrogen and oxygen atoms in total. The molecule has 78 valence electrons. The number of benzene rings is 1. The van der Waals surface area contributed by atoms with Crippen LogP contribution in [0, 0.1) is 11.8 Å². The van der Waals surface area contributed by atoms with Gasteiger partial charge in [0.25, 0.3) is 0 Å². The third kappa shape index (κ3) is 3.05. The van der Waals surface area contributed by atoms with Crippen LogP contribution < -0.4 is 5.73 Å². The number of anilines is 1. The smallest absolute Gasteiger partial charge is 0.384 e. The Kier molecular flexibility index (Phi) is 3.84. The van der Waals surface area contributed by atoms with E-state index in [-0.39, 0.29) is 0 Å². The molecular formula is C10H7Cl2NO2. The summed E-state index contributed by atoms with van der Waals surface area (Å²) in [6.07, 6.45) is 0. The predicted octanol–water partition coefficient (Wildman–Crippen LogP) is 2.10. The molecule has 2 N–H and O–H groups in total. The first-order valence-electron chi connectivity index (χ1n) is 3.89. The number of hydrogen-bond acceptors (Lipinski definition) is 3. The maximum Gasteiger partial charge on any atom is 0.384 e. The van der Waals surface area contributed by atoms with Gasteiger partial charge in [-0.25, -0.2) is 4.79 Å². The lowest BCUT2D eigenvalue weighted by Crippen LogP contribution is -1.95. The molecule has 0 heterocycles. The molecule has 1 rings (SSSR count). The lowest BCUT2D eigenvalue weighted by atomic mass is 10.2. The van der Waals surface area contributed by atoms with Crippen molar-refractivity contribution in [3.63, 3.8) is 0 Å². The van der Waals surface area contributed by atoms with Crippen molar-refractivity contribution in [1.29, 1.82) is 0 Å². The van der Waals surface area contributed by atoms with Gasteiger partial charge in [-0.1, -0.05) is 29.1 Å². The third-order valence-electron chi connectivity index (χ3n) is 1.57. The molecule has 0 amide bonds. The van der Waals surface area contributed by atoms with Gasteiger partial charge in [-0.15, -0.1) is 0 Å². The van der Waals surface area contributed by atoms with Crippen molar-refractivity contribution in [3.05, 3.63) is 27.7 Å². The summed E-state index contributed by atoms with van der Waals surface area (Å²) in [5.41, 5.74) is 6.31. The SMILES string of the molecule is COC(=O)C#Cc1cc(Cl)c(N)cc1Cl. The number of carbonyl (C=O) groups excluding carboxylic acids is 1. The summed E-state index contributed by atoms with van der Waals surface area (Å²) in [5.74, 6) is 4.14. The predicted molar refractivity (Wildman–Crippen MR) is 59.8 cm³/mol. The fraction of sp³-hybridized carbons (Fsp3) is 0.100. The van der Waals surface area contributed by atoms with Gasteiger partial charge in [0.1, 0.15) is 0 Å². The van der Waals surface area contributed by atoms with Crippen molar-refractivity contribution >= 4 is 34.9 Å². The highest BCUT2D eigenvalue weighted by molar-refractivity contribution is 6.35. The molecule has 15 heavy (non-hydrogen) atoms. The highest BCUT2D eigenvalue weighted by Crippen LogP contribution is 2.26. The van der Waals surface area contributed by atoms with Gasteiger partial charge in [-0.05, 0) is 12.1 Å². The Hall–Kier alpha value is -1.37. The lowest BCUT2D eigenvalue weighted by molar-refractivity contribution is -0.133. The van der Waals surface area contributed by atoms with Crippen LogP contribution in [0.25, 0.3) is 0 Å². The van der Waals surface area contributed by atoms with Crippen molar-refractivity contribution in [2.45, 2.75) is 0 Å². The Balaban J connectivity index is 3.09. The number of methoxy groups -OCH3 is 1. The Morgan fingerprint density at radius 2 is 2.07 bits per heavy atom. The Bertz CT molecular complexity index is 460. The molecule has 0 saturated carbocycles. The van der Waals surface area contributed by atoms with Crippen LogP contribution in [-0.4, -0.2) is 13.1 Å². The molecule has 0 atom stereocenters. The summed E-state index contributed by atoms with van der Waals surface area (Å²) in [7, 11) is 1.24. The Morgan fingerprint density at radius 3 is 2.67 bits per heavy atom. The van der Waals surface area contributed by atoms with Crippen molar-refractivity contribution in [2.75, 3.05) is 12.8 Å². The van der Waals surface area contributed by atoms with Crippen molar-refractivity contribution < 1.29 is 9.53 Å². The van der Waals surface area contributed by atoms with E-state index < -0.39 is 5.97 Å². The molecule has 0 aliphatic carbocycles. The monoisotopic (exact) mass is 243 g/mol. The molecule has 0 aromatic heterocycles. The fourth-order valence-electron chi connectivity index (χ4n) is 0.827. The molecule has 0 fully saturated rings. The second-order valence-electron chi connectivity index (χ2n) is 2.60. The number of carbonyl (C=O) groups is 1. The molecule has 0 aliphatic rings. The van der Waals surface area contributed by atoms with Gasteiger partial charge in [-0.3, -0.25) is 0 Å². The zero-order valence-corrected chi connectivity index (χ0v) is 9.32. The van der Waals surface area contributed by atoms with Gasteiger partial charge in [0.2, 0.25) is 0 Å². The van der Waals surface area contributed by atoms with Gasteiger partial charge in [0, 0.05) is 11.5 Å². The largest absolute Gasteiger partial charge is 0.459 e. The third-order valence-corrected chi connectivity index (χ3v) is 2.21. The van der Waals surface area contributed by atoms with E-state index in [4.69, 9.17) is 28.9 Å². The minimum atomic E-state index is -0.640. The van der Waals surface area contributed by atoms with Crippen molar-refractivity contribution in [1.82, 2.24) is 0 Å². The van der Waals surface area contributed by atoms with Gasteiger partial charge in [-0.2, -0.15) is 0 Å². The summed E-state index contributed by atoms with van der Waals surface area (Å²) < 4.78 is 4.35. The quantitative estimate of drug-likeness (QED) is 0.432. The molecule has 0 saturated heterocycles. The van der Waals surface area contributed by atoms with Gasteiger partial charge in [0.05, 0.1) is 22.8 Å². The molecule has 5 heteroatoms. The average Bonchev–Trinajstić information content (AvgIpc) is 2.21. The van der Waals surface area contributed by atoms with Gasteiger partial charge < -0.3 is 10.5 Å². The average molecular weight is 244 g/mol. The van der Waals surface area contributed by atoms with E-state index in [9.17, 15) is 4.79 Å². The molecule has 0 bridgehead atoms. The maximum atomic E-state index is 10.8. The van der Waals surface area contributed by atoms with Crippen LogP contribution in [0.3, 0.4) is 0 Å². The lowest BCUT2D eigenvalue weighted by Gasteiger charge is -2.00. The Morgan fingerprint density at radius 1 is 1.40 bits per heavy atom. The van der Waals surface area contributed by atoms with Gasteiger partial charge >= 0.3 is 5.97 Å². The van der Waals surface area contributed by atoms with Crippen LogP contribution in [0.5, 0.6) is 0 Å². The minimum absolute atomic E-state index is 0.341. The Labute approximate surface area is 97.1 Å². The van der Waals surface area contributed by atoms with Crippen molar-refractivity contribution in [2.24, 2.45) is 0 Å². The molecule has 0 unspecified atom stereocenters. The molecule has 0 aliphatic heterocycles. The van der Waals surface area contributed by atoms with E-state index in [2.05, 4.69) is 16.6 Å². The summed E-state index contributed by atoms with van der Waals surface area (Å²) in [4.78, 5) is 10.8. The first-order valence-corrected chi connectivity index (χ1v) is 4.64. The topological polar surface area (TPSA) is 52.3 Å². The van der Waals surface area contributed by atoms with Crippen LogP contribution in [-0.2, 0) is 9.53 Å². The normalized spacial score (nSPS) is 9.00. The molecular weight excluding hydrogens is 237 g/mol. The maximum absolute atomic E-state index is 10.8. The number of esters is 1. The summed E-state index contributed by atoms with van der Waals surface area (Å²) in [6, 6.07) is 2.97. The van der Waals surface area contributed by atoms with Crippen LogP contribution in [0.15, 0.2) is 12.1 Å². The van der Waals surface area contributed by atoms with E-state index >= 15 is 0 Å². The minimum Gasteiger partial charge on any atom is -0.459 e. The number of rotatable bonds is 0. The number of nitrogen functional groups attached to an aromatic ring is 1. The standard InChI is InChI=1S/C10H7Cl2NO2/c1-15-10(14)3-2-6-4-8(12)9(13)5-7(6)11/h4-5H,13H2,1H3. The second kappa shape index (κ2) is 4.92. The highest BCUT2D eigenvalue weighted by atomic mass is 35.5. The van der Waals surface area contributed by atoms with E-state index in [1.54, 1.807) is 0 Å². The van der Waals surface area contributed by atoms with Gasteiger partial charge in [0.15, 0.2) is 0 Å². The number of hydrogen-bond donors (Lipinski definition) is 1. The first kappa shape index (κ1) is 11.7. The van der Waals surface area contributed by atoms with Crippen LogP contribution in [0.2, 0.25) is 10.0 Å². The zero-order valence-electron chi connectivity index (χ0n) is 7.80. The van der Waals surface area contributed by atoms with Crippen LogP contribution >= 0.6 is 23.2 Å². The van der Waals surface area contributed by atoms with Crippen LogP contribution in [0.4, 0.5) is 5.69 Å². The molecule has 0 radical (unpaired) electrons. The number of nitrogens with two attached hydrogens (primary N) is 1. The second-order valence-corrected chi connectivity index (χ2v) is 3.41. The van der Waals surface area contributed by atoms with Crippen molar-refractivity contribution in [3.8, 4) is 11.8 Å². The van der Waals surface area contributed by atoms with Crippen LogP contribution in [0.1, 0.15) is 5.56 Å². The summed E-state index contributed by atoms with van der Waals surface area (Å²) in [5, 5.41) is 0.682. The number of halogens is 2. The van der Waals surface area contributed by atoms with E-state index in [0.717, 1.165) is 0 Å².